The van der Waals surface area contributed by atoms with Crippen molar-refractivity contribution in [1.29, 1.82) is 0 Å². The second-order valence-electron chi connectivity index (χ2n) is 27.0. The van der Waals surface area contributed by atoms with Gasteiger partial charge in [0.1, 0.15) is 60.4 Å². The van der Waals surface area contributed by atoms with E-state index in [1.54, 1.807) is 54.5 Å². The lowest BCUT2D eigenvalue weighted by Crippen LogP contribution is -2.64. The Bertz CT molecular complexity index is 2440. The molecule has 0 spiro atoms. The van der Waals surface area contributed by atoms with E-state index in [0.717, 1.165) is 16.7 Å². The molecule has 0 aromatic carbocycles. The maximum atomic E-state index is 15.3. The van der Waals surface area contributed by atoms with Crippen LogP contribution in [0.1, 0.15) is 156 Å². The molecular formula is C65H117N11O13S. The number of allylic oxidation sites excluding steroid dienone is 2. The molecule has 0 saturated carbocycles. The first-order valence-corrected chi connectivity index (χ1v) is 33.2. The Balaban J connectivity index is 4.50. The molecule has 1 fully saturated rings. The maximum Gasteiger partial charge on any atom is 0.256 e. The molecule has 1 saturated heterocycles. The lowest BCUT2D eigenvalue weighted by molar-refractivity contribution is -0.157. The predicted octanol–water partition coefficient (Wildman–Crippen LogP) is 3.97. The zero-order valence-electron chi connectivity index (χ0n) is 59.2. The fraction of sp³-hybridized carbons (Fsp3) is 0.800. The molecule has 1 aliphatic heterocycles. The van der Waals surface area contributed by atoms with E-state index in [9.17, 15) is 33.9 Å². The number of nitrogens with zero attached hydrogens (tertiary/aromatic N) is 7. The summed E-state index contributed by atoms with van der Waals surface area (Å²) in [5.74, 6) is -9.75. The number of aliphatic hydroxyl groups excluding tert-OH is 1. The van der Waals surface area contributed by atoms with Crippen LogP contribution in [-0.2, 0) is 57.5 Å². The van der Waals surface area contributed by atoms with Gasteiger partial charge in [0, 0.05) is 62.2 Å². The number of ether oxygens (including phenoxy) is 1. The van der Waals surface area contributed by atoms with Crippen LogP contribution in [-0.4, -0.2) is 245 Å². The average molecular weight is 1290 g/mol. The Kier molecular flexibility index (Phi) is 34.9. The molecule has 24 nitrogen and oxygen atoms in total. The van der Waals surface area contributed by atoms with E-state index in [2.05, 4.69) is 21.3 Å². The molecule has 1 unspecified atom stereocenters. The SMILES string of the molecule is C/C=C/C[C@@H](C)[C@@H](O)[C@H]1C(=O)N[C@@H](CC)C(=O)N(C)C(SCCOC)C(=O)N(C)[C@@H](CC(C)C)C(=O)N[C@@H](C(C)C)C(=O)N(C)[C@@H](CC(C)C)C(=O)N[C@@H](C)C(=O)N[C@H](C)C(=O)N(C)[C@@H](CC(C)C)C(=O)N(C)[C@@H](CC(C)C)C(=O)N(C)[C@@H](C(C)C)C(=O)N1C. The number of nitrogens with one attached hydrogen (secondary N) is 4. The van der Waals surface area contributed by atoms with E-state index in [1.807, 2.05) is 61.5 Å². The number of hydrogen-bond donors (Lipinski definition) is 5. The molecule has 0 aliphatic carbocycles. The van der Waals surface area contributed by atoms with Crippen molar-refractivity contribution < 1.29 is 62.6 Å². The third kappa shape index (κ3) is 23.1. The molecule has 5 N–H and O–H groups in total. The van der Waals surface area contributed by atoms with Crippen LogP contribution in [0.15, 0.2) is 12.2 Å². The molecule has 13 atom stereocenters. The topological polar surface area (TPSA) is 288 Å². The molecule has 11 amide bonds. The molecule has 90 heavy (non-hydrogen) atoms. The highest BCUT2D eigenvalue weighted by Gasteiger charge is 2.46. The molecule has 1 rings (SSSR count). The Morgan fingerprint density at radius 1 is 0.478 bits per heavy atom. The second kappa shape index (κ2) is 38.3. The number of rotatable bonds is 19. The molecule has 0 bridgehead atoms. The van der Waals surface area contributed by atoms with Gasteiger partial charge in [-0.2, -0.15) is 0 Å². The Morgan fingerprint density at radius 3 is 1.34 bits per heavy atom. The molecule has 25 heteroatoms. The van der Waals surface area contributed by atoms with Crippen LogP contribution in [0.2, 0.25) is 0 Å². The quantitative estimate of drug-likeness (QED) is 0.0904. The van der Waals surface area contributed by atoms with Gasteiger partial charge in [-0.15, -0.1) is 11.8 Å². The van der Waals surface area contributed by atoms with Gasteiger partial charge in [0.15, 0.2) is 5.37 Å². The third-order valence-electron chi connectivity index (χ3n) is 16.8. The number of methoxy groups -OCH3 is 1. The summed E-state index contributed by atoms with van der Waals surface area (Å²) in [4.78, 5) is 171. The molecule has 1 heterocycles. The predicted molar refractivity (Wildman–Crippen MR) is 352 cm³/mol. The number of thioether (sulfide) groups is 1. The van der Waals surface area contributed by atoms with Crippen LogP contribution in [0, 0.1) is 41.4 Å². The minimum Gasteiger partial charge on any atom is -0.390 e. The van der Waals surface area contributed by atoms with Gasteiger partial charge in [0.25, 0.3) is 5.91 Å². The first-order chi connectivity index (χ1) is 41.7. The van der Waals surface area contributed by atoms with Gasteiger partial charge >= 0.3 is 0 Å². The minimum atomic E-state index is -1.64. The van der Waals surface area contributed by atoms with Crippen molar-refractivity contribution in [3.05, 3.63) is 12.2 Å². The largest absolute Gasteiger partial charge is 0.390 e. The van der Waals surface area contributed by atoms with Crippen molar-refractivity contribution in [2.24, 2.45) is 41.4 Å². The number of amides is 11. The van der Waals surface area contributed by atoms with Crippen molar-refractivity contribution in [3.8, 4) is 0 Å². The molecule has 0 aromatic heterocycles. The van der Waals surface area contributed by atoms with Crippen molar-refractivity contribution in [1.82, 2.24) is 55.6 Å². The van der Waals surface area contributed by atoms with Gasteiger partial charge in [-0.3, -0.25) is 52.7 Å². The minimum absolute atomic E-state index is 0.00941. The fourth-order valence-corrected chi connectivity index (χ4v) is 12.3. The number of aliphatic hydroxyl groups is 1. The summed E-state index contributed by atoms with van der Waals surface area (Å²) < 4.78 is 5.35. The first kappa shape index (κ1) is 82.2. The highest BCUT2D eigenvalue weighted by molar-refractivity contribution is 8.00. The van der Waals surface area contributed by atoms with Crippen LogP contribution in [0.4, 0.5) is 0 Å². The highest BCUT2D eigenvalue weighted by atomic mass is 32.2. The van der Waals surface area contributed by atoms with Gasteiger partial charge in [-0.1, -0.05) is 109 Å². The summed E-state index contributed by atoms with van der Waals surface area (Å²) >= 11 is 1.07. The van der Waals surface area contributed by atoms with E-state index in [4.69, 9.17) is 4.74 Å². The Morgan fingerprint density at radius 2 is 0.900 bits per heavy atom. The van der Waals surface area contributed by atoms with Gasteiger partial charge < -0.3 is 65.4 Å². The number of hydrogen-bond acceptors (Lipinski definition) is 14. The van der Waals surface area contributed by atoms with Crippen molar-refractivity contribution in [2.75, 3.05) is 68.8 Å². The summed E-state index contributed by atoms with van der Waals surface area (Å²) in [5.41, 5.74) is 0. The van der Waals surface area contributed by atoms with Gasteiger partial charge in [-0.25, -0.2) is 0 Å². The summed E-state index contributed by atoms with van der Waals surface area (Å²) in [6, 6.07) is -12.6. The average Bonchev–Trinajstić information content (AvgIpc) is 1.57. The van der Waals surface area contributed by atoms with Crippen LogP contribution in [0.5, 0.6) is 0 Å². The van der Waals surface area contributed by atoms with Crippen LogP contribution in [0.3, 0.4) is 0 Å². The fourth-order valence-electron chi connectivity index (χ4n) is 11.1. The first-order valence-electron chi connectivity index (χ1n) is 32.2. The van der Waals surface area contributed by atoms with Gasteiger partial charge in [0.05, 0.1) is 12.7 Å². The van der Waals surface area contributed by atoms with Gasteiger partial charge in [0.2, 0.25) is 59.1 Å². The monoisotopic (exact) mass is 1290 g/mol. The molecule has 1 aliphatic rings. The summed E-state index contributed by atoms with van der Waals surface area (Å²) in [5, 5.41) is 22.0. The van der Waals surface area contributed by atoms with Gasteiger partial charge in [-0.05, 0) is 101 Å². The molecule has 0 aromatic rings. The van der Waals surface area contributed by atoms with Crippen molar-refractivity contribution in [2.45, 2.75) is 228 Å². The van der Waals surface area contributed by atoms with E-state index < -0.39 is 155 Å². The van der Waals surface area contributed by atoms with E-state index in [-0.39, 0.29) is 68.1 Å². The third-order valence-corrected chi connectivity index (χ3v) is 18.0. The summed E-state index contributed by atoms with van der Waals surface area (Å²) in [7, 11) is 11.5. The van der Waals surface area contributed by atoms with Crippen LogP contribution < -0.4 is 21.3 Å². The highest BCUT2D eigenvalue weighted by Crippen LogP contribution is 2.27. The number of carbonyl (C=O) groups excluding carboxylic acids is 11. The smallest absolute Gasteiger partial charge is 0.256 e. The van der Waals surface area contributed by atoms with Crippen LogP contribution >= 0.6 is 11.8 Å². The van der Waals surface area contributed by atoms with Crippen molar-refractivity contribution in [3.63, 3.8) is 0 Å². The second-order valence-corrected chi connectivity index (χ2v) is 28.2. The lowest BCUT2D eigenvalue weighted by atomic mass is 9.91. The number of likely N-dealkylation sites (N-methyl/N-ethyl adjacent to an activating group) is 7. The van der Waals surface area contributed by atoms with E-state index >= 15 is 24.0 Å². The summed E-state index contributed by atoms with van der Waals surface area (Å²) in [6.45, 7) is 30.1. The molecule has 0 radical (unpaired) electrons. The van der Waals surface area contributed by atoms with E-state index in [1.165, 1.54) is 99.7 Å². The van der Waals surface area contributed by atoms with E-state index in [0.29, 0.717) is 6.42 Å². The maximum absolute atomic E-state index is 15.3. The van der Waals surface area contributed by atoms with Crippen molar-refractivity contribution >= 4 is 76.7 Å². The standard InChI is InChI=1S/C65H117N11O13S/c1-26-28-29-42(15)53(77)52-57(81)68-45(27-2)59(83)76(24)65(90-31-30-89-25)64(88)71(19)47(33-37(5)6)56(80)69-50(40(11)12)62(86)70(18)46(32-36(3)4)55(79)66-43(16)54(78)67-44(17)58(82)72(20)48(34-38(7)8)60(84)73(21)49(35-39(9)10)61(85)74(22)51(41(13)14)63(87)75(52)23/h26,28,36-53,65,77H,27,29-35H2,1-25H3,(H,66,79)(H,67,78)(H,68,81)(H,69,80)/b28-26+/t42-,43+,44-,45+,46+,47+,48+,49+,50+,51+,52+,53-,65?/m1/s1. The normalized spacial score (nSPS) is 26.9. The lowest BCUT2D eigenvalue weighted by Gasteiger charge is -2.41. The van der Waals surface area contributed by atoms with Crippen LogP contribution in [0.25, 0.3) is 0 Å². The Labute approximate surface area is 543 Å². The number of carbonyl (C=O) groups is 11. The zero-order valence-corrected chi connectivity index (χ0v) is 60.0. The molecule has 516 valence electrons. The molecular weight excluding hydrogens is 1170 g/mol. The summed E-state index contributed by atoms with van der Waals surface area (Å²) in [6.07, 6.45) is 2.92. The zero-order chi connectivity index (χ0) is 69.7. The Hall–Kier alpha value is -5.82.